The van der Waals surface area contributed by atoms with Crippen LogP contribution in [-0.4, -0.2) is 28.7 Å². The van der Waals surface area contributed by atoms with Crippen LogP contribution in [0.5, 0.6) is 0 Å². The Kier molecular flexibility index (Phi) is 2.35. The van der Waals surface area contributed by atoms with Crippen molar-refractivity contribution in [3.8, 4) is 0 Å². The number of nitro groups is 1. The number of β-amino-alcohol motifs (C(OH)–C–C–N with tert-alkyl or cyclic N) is 1. The number of hydrogen-bond acceptors (Lipinski definition) is 4. The smallest absolute Gasteiger partial charge is 0.292 e. The summed E-state index contributed by atoms with van der Waals surface area (Å²) in [6.07, 6.45) is 2.17. The van der Waals surface area contributed by atoms with E-state index in [0.717, 1.165) is 18.4 Å². The molecule has 1 heterocycles. The normalized spacial score (nSPS) is 21.6. The lowest BCUT2D eigenvalue weighted by atomic mass is 9.87. The highest BCUT2D eigenvalue weighted by Crippen LogP contribution is 2.47. The van der Waals surface area contributed by atoms with E-state index in [1.807, 2.05) is 17.9 Å². The first kappa shape index (κ1) is 11.5. The second-order valence-electron chi connectivity index (χ2n) is 5.43. The van der Waals surface area contributed by atoms with Crippen LogP contribution < -0.4 is 4.90 Å². The van der Waals surface area contributed by atoms with E-state index in [1.54, 1.807) is 6.07 Å². The molecule has 1 aromatic carbocycles. The van der Waals surface area contributed by atoms with Gasteiger partial charge in [-0.3, -0.25) is 10.1 Å². The molecule has 0 bridgehead atoms. The topological polar surface area (TPSA) is 66.6 Å². The number of para-hydroxylation sites is 1. The van der Waals surface area contributed by atoms with Gasteiger partial charge in [-0.1, -0.05) is 12.1 Å². The van der Waals surface area contributed by atoms with Crippen LogP contribution in [0, 0.1) is 23.0 Å². The van der Waals surface area contributed by atoms with Gasteiger partial charge in [0.15, 0.2) is 0 Å². The van der Waals surface area contributed by atoms with Gasteiger partial charge >= 0.3 is 0 Å². The molecule has 2 aliphatic rings. The molecule has 0 unspecified atom stereocenters. The fraction of sp³-hybridized carbons (Fsp3) is 0.538. The average molecular weight is 248 g/mol. The van der Waals surface area contributed by atoms with Crippen LogP contribution in [0.1, 0.15) is 18.4 Å². The van der Waals surface area contributed by atoms with Gasteiger partial charge in [-0.2, -0.15) is 0 Å². The molecule has 1 aliphatic heterocycles. The van der Waals surface area contributed by atoms with Crippen LogP contribution in [0.4, 0.5) is 11.4 Å². The van der Waals surface area contributed by atoms with Gasteiger partial charge in [0.25, 0.3) is 5.69 Å². The Balaban J connectivity index is 1.87. The zero-order valence-electron chi connectivity index (χ0n) is 10.3. The summed E-state index contributed by atoms with van der Waals surface area (Å²) in [6.45, 7) is 2.91. The van der Waals surface area contributed by atoms with Crippen molar-refractivity contribution in [3.05, 3.63) is 33.9 Å². The number of nitrogens with zero attached hydrogens (tertiary/aromatic N) is 2. The van der Waals surface area contributed by atoms with Crippen molar-refractivity contribution in [3.63, 3.8) is 0 Å². The Bertz CT molecular complexity index is 505. The lowest BCUT2D eigenvalue weighted by Gasteiger charge is -2.48. The van der Waals surface area contributed by atoms with E-state index < -0.39 is 5.60 Å². The van der Waals surface area contributed by atoms with E-state index in [2.05, 4.69) is 0 Å². The van der Waals surface area contributed by atoms with Gasteiger partial charge in [-0.05, 0) is 31.2 Å². The van der Waals surface area contributed by atoms with Gasteiger partial charge in [-0.25, -0.2) is 0 Å². The third-order valence-electron chi connectivity index (χ3n) is 4.00. The molecule has 3 rings (SSSR count). The van der Waals surface area contributed by atoms with Crippen molar-refractivity contribution in [2.24, 2.45) is 5.92 Å². The molecule has 0 aromatic heterocycles. The Morgan fingerprint density at radius 1 is 1.44 bits per heavy atom. The van der Waals surface area contributed by atoms with E-state index in [0.29, 0.717) is 24.7 Å². The largest absolute Gasteiger partial charge is 0.386 e. The minimum Gasteiger partial charge on any atom is -0.386 e. The van der Waals surface area contributed by atoms with Crippen LogP contribution in [-0.2, 0) is 0 Å². The maximum atomic E-state index is 11.0. The van der Waals surface area contributed by atoms with E-state index in [-0.39, 0.29) is 10.6 Å². The Morgan fingerprint density at radius 2 is 2.11 bits per heavy atom. The van der Waals surface area contributed by atoms with Gasteiger partial charge < -0.3 is 10.0 Å². The fourth-order valence-electron chi connectivity index (χ4n) is 2.85. The number of hydrogen-bond donors (Lipinski definition) is 1. The van der Waals surface area contributed by atoms with Crippen LogP contribution in [0.2, 0.25) is 0 Å². The molecule has 96 valence electrons. The zero-order valence-corrected chi connectivity index (χ0v) is 10.3. The summed E-state index contributed by atoms with van der Waals surface area (Å²) in [4.78, 5) is 12.6. The molecule has 1 N–H and O–H groups in total. The Morgan fingerprint density at radius 3 is 2.67 bits per heavy atom. The molecule has 1 saturated carbocycles. The monoisotopic (exact) mass is 248 g/mol. The van der Waals surface area contributed by atoms with Crippen molar-refractivity contribution < 1.29 is 10.0 Å². The molecule has 1 aliphatic carbocycles. The predicted molar refractivity (Wildman–Crippen MR) is 67.7 cm³/mol. The number of aryl methyl sites for hydroxylation is 1. The third kappa shape index (κ3) is 1.66. The van der Waals surface area contributed by atoms with Crippen LogP contribution in [0.3, 0.4) is 0 Å². The van der Waals surface area contributed by atoms with Gasteiger partial charge in [0.05, 0.1) is 4.92 Å². The van der Waals surface area contributed by atoms with Crippen molar-refractivity contribution in [1.82, 2.24) is 0 Å². The SMILES string of the molecule is Cc1cccc([N+](=O)[O-])c1N1CC(O)(C2CC2)C1. The highest BCUT2D eigenvalue weighted by molar-refractivity contribution is 5.69. The van der Waals surface area contributed by atoms with Gasteiger partial charge in [0.2, 0.25) is 0 Å². The van der Waals surface area contributed by atoms with E-state index in [1.165, 1.54) is 6.07 Å². The van der Waals surface area contributed by atoms with Gasteiger partial charge in [0, 0.05) is 19.2 Å². The van der Waals surface area contributed by atoms with Crippen molar-refractivity contribution in [1.29, 1.82) is 0 Å². The molecule has 0 atom stereocenters. The summed E-state index contributed by atoms with van der Waals surface area (Å²) < 4.78 is 0. The molecule has 0 spiro atoms. The number of nitro benzene ring substituents is 1. The Labute approximate surface area is 105 Å². The lowest BCUT2D eigenvalue weighted by molar-refractivity contribution is -0.384. The first-order chi connectivity index (χ1) is 8.51. The fourth-order valence-corrected chi connectivity index (χ4v) is 2.85. The molecule has 0 amide bonds. The molecular weight excluding hydrogens is 232 g/mol. The molecule has 0 radical (unpaired) electrons. The second-order valence-corrected chi connectivity index (χ2v) is 5.43. The van der Waals surface area contributed by atoms with Crippen molar-refractivity contribution in [2.75, 3.05) is 18.0 Å². The average Bonchev–Trinajstić information content (AvgIpc) is 3.08. The van der Waals surface area contributed by atoms with Crippen molar-refractivity contribution in [2.45, 2.75) is 25.4 Å². The summed E-state index contributed by atoms with van der Waals surface area (Å²) in [7, 11) is 0. The molecule has 2 fully saturated rings. The quantitative estimate of drug-likeness (QED) is 0.655. The molecule has 1 aromatic rings. The number of aliphatic hydroxyl groups is 1. The number of benzene rings is 1. The molecule has 5 nitrogen and oxygen atoms in total. The maximum absolute atomic E-state index is 11.0. The molecular formula is C13H16N2O3. The molecule has 1 saturated heterocycles. The summed E-state index contributed by atoms with van der Waals surface area (Å²) >= 11 is 0. The Hall–Kier alpha value is -1.62. The van der Waals surface area contributed by atoms with Crippen LogP contribution >= 0.6 is 0 Å². The minimum atomic E-state index is -0.615. The van der Waals surface area contributed by atoms with Gasteiger partial charge in [0.1, 0.15) is 11.3 Å². The van der Waals surface area contributed by atoms with Gasteiger partial charge in [-0.15, -0.1) is 0 Å². The minimum absolute atomic E-state index is 0.132. The van der Waals surface area contributed by atoms with E-state index in [9.17, 15) is 15.2 Å². The van der Waals surface area contributed by atoms with Crippen LogP contribution in [0.25, 0.3) is 0 Å². The maximum Gasteiger partial charge on any atom is 0.292 e. The third-order valence-corrected chi connectivity index (χ3v) is 4.00. The predicted octanol–water partition coefficient (Wildman–Crippen LogP) is 1.86. The van der Waals surface area contributed by atoms with E-state index in [4.69, 9.17) is 0 Å². The first-order valence-electron chi connectivity index (χ1n) is 6.22. The lowest BCUT2D eigenvalue weighted by Crippen LogP contribution is -2.63. The summed E-state index contributed by atoms with van der Waals surface area (Å²) in [5.74, 6) is 0.400. The highest BCUT2D eigenvalue weighted by Gasteiger charge is 2.53. The molecule has 5 heteroatoms. The van der Waals surface area contributed by atoms with E-state index >= 15 is 0 Å². The standard InChI is InChI=1S/C13H16N2O3/c1-9-3-2-4-11(15(17)18)12(9)14-7-13(16,8-14)10-5-6-10/h2-4,10,16H,5-8H2,1H3. The second kappa shape index (κ2) is 3.68. The summed E-state index contributed by atoms with van der Waals surface area (Å²) in [6, 6.07) is 5.09. The summed E-state index contributed by atoms with van der Waals surface area (Å²) in [5, 5.41) is 21.3. The number of anilines is 1. The first-order valence-corrected chi connectivity index (χ1v) is 6.22. The molecule has 18 heavy (non-hydrogen) atoms. The van der Waals surface area contributed by atoms with Crippen LogP contribution in [0.15, 0.2) is 18.2 Å². The zero-order chi connectivity index (χ0) is 12.9. The summed E-state index contributed by atoms with van der Waals surface area (Å²) in [5.41, 5.74) is 1.07. The van der Waals surface area contributed by atoms with Crippen molar-refractivity contribution >= 4 is 11.4 Å². The highest BCUT2D eigenvalue weighted by atomic mass is 16.6. The number of rotatable bonds is 3.